The van der Waals surface area contributed by atoms with Crippen molar-refractivity contribution in [2.45, 2.75) is 38.3 Å². The van der Waals surface area contributed by atoms with E-state index >= 15 is 0 Å². The van der Waals surface area contributed by atoms with E-state index in [0.717, 1.165) is 17.3 Å². The van der Waals surface area contributed by atoms with Gasteiger partial charge in [-0.2, -0.15) is 5.26 Å². The minimum Gasteiger partial charge on any atom is -0.317 e. The number of hydrogen-bond acceptors (Lipinski definition) is 2. The second-order valence-corrected chi connectivity index (χ2v) is 6.00. The second kappa shape index (κ2) is 4.74. The number of nitriles is 1. The molecule has 0 N–H and O–H groups in total. The van der Waals surface area contributed by atoms with Crippen LogP contribution in [0, 0.1) is 11.3 Å². The van der Waals surface area contributed by atoms with E-state index in [1.54, 1.807) is 30.9 Å². The highest BCUT2D eigenvalue weighted by Crippen LogP contribution is 2.34. The normalized spacial score (nSPS) is 15.0. The zero-order chi connectivity index (χ0) is 13.3. The molecule has 0 radical (unpaired) electrons. The molecule has 18 heavy (non-hydrogen) atoms. The Hall–Kier alpha value is -1.34. The molecule has 0 aromatic heterocycles. The number of carbonyl (C=O) groups excluding carboxylic acids is 1. The Morgan fingerprint density at radius 1 is 1.50 bits per heavy atom. The van der Waals surface area contributed by atoms with Crippen molar-refractivity contribution >= 4 is 21.8 Å². The highest BCUT2D eigenvalue weighted by Gasteiger charge is 2.42. The second-order valence-electron chi connectivity index (χ2n) is 5.09. The van der Waals surface area contributed by atoms with Gasteiger partial charge in [0, 0.05) is 16.1 Å². The third kappa shape index (κ3) is 2.56. The molecule has 1 aliphatic carbocycles. The molecule has 1 saturated carbocycles. The number of rotatable bonds is 3. The first kappa shape index (κ1) is 13.1. The molecule has 0 bridgehead atoms. The number of amides is 1. The molecule has 0 aliphatic heterocycles. The van der Waals surface area contributed by atoms with Gasteiger partial charge in [0.25, 0.3) is 5.91 Å². The van der Waals surface area contributed by atoms with Gasteiger partial charge in [-0.1, -0.05) is 22.0 Å². The Bertz CT molecular complexity index is 515. The predicted molar refractivity (Wildman–Crippen MR) is 73.0 cm³/mol. The van der Waals surface area contributed by atoms with Crippen LogP contribution in [0.3, 0.4) is 0 Å². The van der Waals surface area contributed by atoms with E-state index in [0.29, 0.717) is 5.56 Å². The van der Waals surface area contributed by atoms with Crippen molar-refractivity contribution in [3.8, 4) is 6.07 Å². The largest absolute Gasteiger partial charge is 0.317 e. The minimum atomic E-state index is -0.763. The van der Waals surface area contributed by atoms with Crippen molar-refractivity contribution in [3.63, 3.8) is 0 Å². The maximum absolute atomic E-state index is 12.5. The molecule has 3 nitrogen and oxygen atoms in total. The number of nitrogens with zero attached hydrogens (tertiary/aromatic N) is 2. The third-order valence-electron chi connectivity index (χ3n) is 3.08. The molecule has 0 atom stereocenters. The maximum Gasteiger partial charge on any atom is 0.255 e. The lowest BCUT2D eigenvalue weighted by Gasteiger charge is -2.33. The fraction of sp³-hybridized carbons (Fsp3) is 0.429. The molecule has 0 spiro atoms. The third-order valence-corrected chi connectivity index (χ3v) is 3.57. The summed E-state index contributed by atoms with van der Waals surface area (Å²) in [6.45, 7) is 3.59. The molecule has 2 rings (SSSR count). The van der Waals surface area contributed by atoms with Crippen LogP contribution in [0.2, 0.25) is 0 Å². The van der Waals surface area contributed by atoms with Crippen molar-refractivity contribution in [2.24, 2.45) is 0 Å². The van der Waals surface area contributed by atoms with Crippen LogP contribution in [0.25, 0.3) is 0 Å². The van der Waals surface area contributed by atoms with Gasteiger partial charge in [0.1, 0.15) is 5.54 Å². The van der Waals surface area contributed by atoms with Gasteiger partial charge < -0.3 is 4.90 Å². The van der Waals surface area contributed by atoms with Crippen molar-refractivity contribution in [2.75, 3.05) is 0 Å². The summed E-state index contributed by atoms with van der Waals surface area (Å²) < 4.78 is 0.874. The Morgan fingerprint density at radius 2 is 2.17 bits per heavy atom. The highest BCUT2D eigenvalue weighted by molar-refractivity contribution is 9.10. The van der Waals surface area contributed by atoms with Crippen LogP contribution in [-0.4, -0.2) is 22.4 Å². The van der Waals surface area contributed by atoms with Crippen LogP contribution in [0.5, 0.6) is 0 Å². The summed E-state index contributed by atoms with van der Waals surface area (Å²) in [5.41, 5.74) is -0.139. The smallest absolute Gasteiger partial charge is 0.255 e. The summed E-state index contributed by atoms with van der Waals surface area (Å²) in [4.78, 5) is 14.3. The summed E-state index contributed by atoms with van der Waals surface area (Å²) in [6.07, 6.45) is 1.98. The van der Waals surface area contributed by atoms with Gasteiger partial charge >= 0.3 is 0 Å². The summed E-state index contributed by atoms with van der Waals surface area (Å²) in [6, 6.07) is 9.74. The van der Waals surface area contributed by atoms with Crippen LogP contribution in [-0.2, 0) is 0 Å². The van der Waals surface area contributed by atoms with Crippen molar-refractivity contribution in [3.05, 3.63) is 34.3 Å². The Kier molecular flexibility index (Phi) is 3.45. The molecule has 4 heteroatoms. The number of hydrogen-bond donors (Lipinski definition) is 0. The van der Waals surface area contributed by atoms with E-state index in [1.165, 1.54) is 0 Å². The zero-order valence-electron chi connectivity index (χ0n) is 10.5. The molecular weight excluding hydrogens is 292 g/mol. The SMILES string of the molecule is CC(C)(C#N)N(C(=O)c1cccc(Br)c1)C1CC1. The van der Waals surface area contributed by atoms with Gasteiger partial charge in [0.05, 0.1) is 6.07 Å². The summed E-state index contributed by atoms with van der Waals surface area (Å²) in [5, 5.41) is 9.24. The van der Waals surface area contributed by atoms with E-state index < -0.39 is 5.54 Å². The lowest BCUT2D eigenvalue weighted by Crippen LogP contribution is -2.48. The minimum absolute atomic E-state index is 0.0645. The molecule has 94 valence electrons. The van der Waals surface area contributed by atoms with Crippen LogP contribution in [0.1, 0.15) is 37.0 Å². The molecule has 1 aromatic rings. The van der Waals surface area contributed by atoms with Gasteiger partial charge in [-0.15, -0.1) is 0 Å². The fourth-order valence-electron chi connectivity index (χ4n) is 2.02. The first-order valence-electron chi connectivity index (χ1n) is 5.96. The van der Waals surface area contributed by atoms with Crippen molar-refractivity contribution < 1.29 is 4.79 Å². The molecule has 0 saturated heterocycles. The Labute approximate surface area is 116 Å². The number of halogens is 1. The average Bonchev–Trinajstić information content (AvgIpc) is 3.13. The van der Waals surface area contributed by atoms with Gasteiger partial charge in [-0.05, 0) is 44.9 Å². The van der Waals surface area contributed by atoms with E-state index in [1.807, 2.05) is 12.1 Å². The molecule has 1 aliphatic rings. The topological polar surface area (TPSA) is 44.1 Å². The van der Waals surface area contributed by atoms with E-state index in [4.69, 9.17) is 0 Å². The molecule has 1 fully saturated rings. The van der Waals surface area contributed by atoms with Crippen LogP contribution in [0.15, 0.2) is 28.7 Å². The van der Waals surface area contributed by atoms with E-state index in [2.05, 4.69) is 22.0 Å². The molecule has 1 aromatic carbocycles. The molecule has 0 heterocycles. The summed E-state index contributed by atoms with van der Waals surface area (Å²) >= 11 is 3.36. The van der Waals surface area contributed by atoms with Crippen molar-refractivity contribution in [1.82, 2.24) is 4.90 Å². The van der Waals surface area contributed by atoms with Crippen LogP contribution in [0.4, 0.5) is 0 Å². The predicted octanol–water partition coefficient (Wildman–Crippen LogP) is 3.36. The highest BCUT2D eigenvalue weighted by atomic mass is 79.9. The van der Waals surface area contributed by atoms with Gasteiger partial charge in [0.15, 0.2) is 0 Å². The van der Waals surface area contributed by atoms with Gasteiger partial charge in [0.2, 0.25) is 0 Å². The summed E-state index contributed by atoms with van der Waals surface area (Å²) in [7, 11) is 0. The average molecular weight is 307 g/mol. The maximum atomic E-state index is 12.5. The van der Waals surface area contributed by atoms with Crippen LogP contribution >= 0.6 is 15.9 Å². The van der Waals surface area contributed by atoms with E-state index in [9.17, 15) is 10.1 Å². The van der Waals surface area contributed by atoms with Crippen LogP contribution < -0.4 is 0 Å². The van der Waals surface area contributed by atoms with Gasteiger partial charge in [-0.25, -0.2) is 0 Å². The van der Waals surface area contributed by atoms with Crippen molar-refractivity contribution in [1.29, 1.82) is 5.26 Å². The fourth-order valence-corrected chi connectivity index (χ4v) is 2.42. The molecule has 0 unspecified atom stereocenters. The summed E-state index contributed by atoms with van der Waals surface area (Å²) in [5.74, 6) is -0.0645. The quantitative estimate of drug-likeness (QED) is 0.859. The number of benzene rings is 1. The zero-order valence-corrected chi connectivity index (χ0v) is 12.1. The molecule has 1 amide bonds. The first-order chi connectivity index (χ1) is 8.45. The molecular formula is C14H15BrN2O. The number of carbonyl (C=O) groups is 1. The first-order valence-corrected chi connectivity index (χ1v) is 6.75. The van der Waals surface area contributed by atoms with Gasteiger partial charge in [-0.3, -0.25) is 4.79 Å². The lowest BCUT2D eigenvalue weighted by molar-refractivity contribution is 0.0615. The Morgan fingerprint density at radius 3 is 2.67 bits per heavy atom. The van der Waals surface area contributed by atoms with E-state index in [-0.39, 0.29) is 11.9 Å². The standard InChI is InChI=1S/C14H15BrN2O/c1-14(2,9-16)17(12-6-7-12)13(18)10-4-3-5-11(15)8-10/h3-5,8,12H,6-7H2,1-2H3. The lowest BCUT2D eigenvalue weighted by atomic mass is 10.0. The Balaban J connectivity index is 2.33. The monoisotopic (exact) mass is 306 g/mol.